The summed E-state index contributed by atoms with van der Waals surface area (Å²) in [5.41, 5.74) is 0.931. The van der Waals surface area contributed by atoms with Crippen LogP contribution in [0.25, 0.3) is 0 Å². The second-order valence-electron chi connectivity index (χ2n) is 6.60. The fourth-order valence-electron chi connectivity index (χ4n) is 2.55. The largest absolute Gasteiger partial charge is 0.573 e. The van der Waals surface area contributed by atoms with Gasteiger partial charge in [0.05, 0.1) is 6.54 Å². The highest BCUT2D eigenvalue weighted by Gasteiger charge is 2.31. The van der Waals surface area contributed by atoms with Crippen LogP contribution in [0.15, 0.2) is 58.8 Å². The van der Waals surface area contributed by atoms with E-state index in [4.69, 9.17) is 0 Å². The van der Waals surface area contributed by atoms with Gasteiger partial charge in [-0.15, -0.1) is 31.5 Å². The lowest BCUT2D eigenvalue weighted by atomic mass is 10.2. The lowest BCUT2D eigenvalue weighted by Gasteiger charge is -2.10. The van der Waals surface area contributed by atoms with Gasteiger partial charge < -0.3 is 20.1 Å². The van der Waals surface area contributed by atoms with Gasteiger partial charge in [-0.2, -0.15) is 20.1 Å². The van der Waals surface area contributed by atoms with Crippen molar-refractivity contribution in [3.63, 3.8) is 0 Å². The van der Waals surface area contributed by atoms with E-state index in [0.717, 1.165) is 24.3 Å². The van der Waals surface area contributed by atoms with Gasteiger partial charge in [0.1, 0.15) is 11.5 Å². The van der Waals surface area contributed by atoms with Crippen molar-refractivity contribution in [1.82, 2.24) is 15.0 Å². The van der Waals surface area contributed by atoms with E-state index in [2.05, 4.69) is 45.3 Å². The number of aromatic nitrogens is 3. The number of hydrogen-bond donors (Lipinski definition) is 2. The van der Waals surface area contributed by atoms with Crippen LogP contribution in [-0.4, -0.2) is 34.2 Å². The number of benzene rings is 2. The first-order valence-corrected chi connectivity index (χ1v) is 9.84. The summed E-state index contributed by atoms with van der Waals surface area (Å²) in [4.78, 5) is 12.3. The third kappa shape index (κ3) is 8.94. The van der Waals surface area contributed by atoms with Crippen molar-refractivity contribution >= 4 is 23.5 Å². The first kappa shape index (κ1) is 25.5. The summed E-state index contributed by atoms with van der Waals surface area (Å²) in [6.07, 6.45) is -9.59. The summed E-state index contributed by atoms with van der Waals surface area (Å²) in [6, 6.07) is 10.0. The van der Waals surface area contributed by atoms with E-state index in [1.165, 1.54) is 24.3 Å². The first-order valence-electron chi connectivity index (χ1n) is 9.84. The van der Waals surface area contributed by atoms with Crippen LogP contribution in [0.2, 0.25) is 0 Å². The van der Waals surface area contributed by atoms with Crippen molar-refractivity contribution in [1.29, 1.82) is 0 Å². The van der Waals surface area contributed by atoms with Crippen molar-refractivity contribution in [2.75, 3.05) is 17.2 Å². The number of ether oxygens (including phenoxy) is 2. The minimum atomic E-state index is -4.80. The Balaban J connectivity index is 1.69. The average Bonchev–Trinajstić information content (AvgIpc) is 2.74. The molecule has 15 heteroatoms. The van der Waals surface area contributed by atoms with Gasteiger partial charge in [0.25, 0.3) is 5.95 Å². The third-order valence-electron chi connectivity index (χ3n) is 3.87. The Morgan fingerprint density at radius 1 is 0.771 bits per heavy atom. The van der Waals surface area contributed by atoms with Gasteiger partial charge in [-0.3, -0.25) is 0 Å². The second-order valence-corrected chi connectivity index (χ2v) is 6.60. The number of alkyl halides is 6. The predicted molar refractivity (Wildman–Crippen MR) is 112 cm³/mol. The van der Waals surface area contributed by atoms with Crippen molar-refractivity contribution in [2.24, 2.45) is 10.2 Å². The number of anilines is 3. The topological polar surface area (TPSA) is 106 Å². The molecule has 0 saturated carbocycles. The SMILES string of the molecule is CCNc1nc(N=NCc2ccc(OC(F)(F)F)cc2)nc(Nc2ccc(OC(F)(F)F)cc2)n1. The van der Waals surface area contributed by atoms with Crippen LogP contribution in [0.3, 0.4) is 0 Å². The highest BCUT2D eigenvalue weighted by atomic mass is 19.4. The maximum atomic E-state index is 12.3. The van der Waals surface area contributed by atoms with Crippen LogP contribution in [0, 0.1) is 0 Å². The molecule has 0 spiro atoms. The van der Waals surface area contributed by atoms with Crippen molar-refractivity contribution < 1.29 is 35.8 Å². The number of nitrogens with zero attached hydrogens (tertiary/aromatic N) is 5. The highest BCUT2D eigenvalue weighted by Crippen LogP contribution is 2.26. The Hall–Kier alpha value is -4.17. The van der Waals surface area contributed by atoms with Gasteiger partial charge in [0.15, 0.2) is 0 Å². The molecule has 3 aromatic rings. The van der Waals surface area contributed by atoms with Gasteiger partial charge in [-0.05, 0) is 48.9 Å². The third-order valence-corrected chi connectivity index (χ3v) is 3.87. The molecule has 0 bridgehead atoms. The van der Waals surface area contributed by atoms with Gasteiger partial charge in [0, 0.05) is 12.2 Å². The summed E-state index contributed by atoms with van der Waals surface area (Å²) in [5.74, 6) is -0.612. The minimum absolute atomic E-state index is 0.0257. The van der Waals surface area contributed by atoms with Crippen LogP contribution < -0.4 is 20.1 Å². The van der Waals surface area contributed by atoms with Crippen LogP contribution in [-0.2, 0) is 6.54 Å². The Morgan fingerprint density at radius 2 is 1.31 bits per heavy atom. The molecule has 0 atom stereocenters. The molecule has 35 heavy (non-hydrogen) atoms. The Morgan fingerprint density at radius 3 is 1.86 bits per heavy atom. The van der Waals surface area contributed by atoms with Crippen molar-refractivity contribution in [2.45, 2.75) is 26.2 Å². The Kier molecular flexibility index (Phi) is 7.88. The number of nitrogens with one attached hydrogen (secondary N) is 2. The van der Waals surface area contributed by atoms with E-state index in [9.17, 15) is 26.3 Å². The lowest BCUT2D eigenvalue weighted by molar-refractivity contribution is -0.275. The zero-order chi connectivity index (χ0) is 25.5. The smallest absolute Gasteiger partial charge is 0.406 e. The molecule has 2 N–H and O–H groups in total. The normalized spacial score (nSPS) is 12.0. The molecule has 0 amide bonds. The first-order chi connectivity index (χ1) is 16.5. The molecular formula is C20H17F6N7O2. The molecule has 0 unspecified atom stereocenters. The molecule has 0 radical (unpaired) electrons. The fraction of sp³-hybridized carbons (Fsp3) is 0.250. The molecule has 9 nitrogen and oxygen atoms in total. The standard InChI is InChI=1S/C20H17F6N7O2/c1-2-27-16-30-17(29-13-5-9-15(10-6-13)35-20(24,25)26)32-18(31-16)33-28-11-12-3-7-14(8-4-12)34-19(21,22)23/h3-10H,2,11H2,1H3,(H2,27,29,30,31,32). The zero-order valence-corrected chi connectivity index (χ0v) is 17.9. The molecule has 1 heterocycles. The van der Waals surface area contributed by atoms with E-state index >= 15 is 0 Å². The van der Waals surface area contributed by atoms with Crippen LogP contribution >= 0.6 is 0 Å². The lowest BCUT2D eigenvalue weighted by Crippen LogP contribution is -2.17. The molecule has 186 valence electrons. The second kappa shape index (κ2) is 10.8. The zero-order valence-electron chi connectivity index (χ0n) is 17.9. The molecule has 0 aliphatic heterocycles. The summed E-state index contributed by atoms with van der Waals surface area (Å²) in [7, 11) is 0. The predicted octanol–water partition coefficient (Wildman–Crippen LogP) is 6.13. The number of azo groups is 1. The molecule has 2 aromatic carbocycles. The monoisotopic (exact) mass is 501 g/mol. The summed E-state index contributed by atoms with van der Waals surface area (Å²) in [6.45, 7) is 2.32. The van der Waals surface area contributed by atoms with Gasteiger partial charge in [-0.25, -0.2) is 0 Å². The fourth-order valence-corrected chi connectivity index (χ4v) is 2.55. The number of rotatable bonds is 9. The summed E-state index contributed by atoms with van der Waals surface area (Å²) in [5, 5.41) is 13.6. The van der Waals surface area contributed by atoms with Gasteiger partial charge >= 0.3 is 12.7 Å². The van der Waals surface area contributed by atoms with Crippen LogP contribution in [0.5, 0.6) is 11.5 Å². The average molecular weight is 501 g/mol. The molecule has 0 saturated heterocycles. The molecule has 0 aliphatic rings. The highest BCUT2D eigenvalue weighted by molar-refractivity contribution is 5.56. The van der Waals surface area contributed by atoms with Gasteiger partial charge in [0.2, 0.25) is 11.9 Å². The minimum Gasteiger partial charge on any atom is -0.406 e. The summed E-state index contributed by atoms with van der Waals surface area (Å²) >= 11 is 0. The van der Waals surface area contributed by atoms with Crippen LogP contribution in [0.1, 0.15) is 12.5 Å². The van der Waals surface area contributed by atoms with E-state index in [1.54, 1.807) is 0 Å². The Labute approximate surface area is 194 Å². The summed E-state index contributed by atoms with van der Waals surface area (Å²) < 4.78 is 81.2. The molecule has 0 aliphatic carbocycles. The number of halogens is 6. The van der Waals surface area contributed by atoms with Crippen molar-refractivity contribution in [3.8, 4) is 11.5 Å². The van der Waals surface area contributed by atoms with E-state index in [0.29, 0.717) is 17.8 Å². The quantitative estimate of drug-likeness (QED) is 0.268. The molecule has 0 fully saturated rings. The molecular weight excluding hydrogens is 484 g/mol. The van der Waals surface area contributed by atoms with Gasteiger partial charge in [-0.1, -0.05) is 12.1 Å². The van der Waals surface area contributed by atoms with E-state index in [1.807, 2.05) is 6.92 Å². The maximum absolute atomic E-state index is 12.3. The van der Waals surface area contributed by atoms with Crippen molar-refractivity contribution in [3.05, 3.63) is 54.1 Å². The molecule has 3 rings (SSSR count). The van der Waals surface area contributed by atoms with E-state index in [-0.39, 0.29) is 35.9 Å². The molecule has 1 aromatic heterocycles. The number of hydrogen-bond acceptors (Lipinski definition) is 9. The van der Waals surface area contributed by atoms with Crippen LogP contribution in [0.4, 0.5) is 49.9 Å². The maximum Gasteiger partial charge on any atom is 0.573 e. The van der Waals surface area contributed by atoms with E-state index < -0.39 is 12.7 Å². The Bertz CT molecular complexity index is 1140.